The number of aromatic nitrogens is 3. The Balaban J connectivity index is 2.46. The number of aliphatic hydroxyl groups excluding tert-OH is 1. The molecule has 5 heteroatoms. The molecule has 2 heterocycles. The van der Waals surface area contributed by atoms with E-state index in [9.17, 15) is 5.11 Å². The molecule has 0 radical (unpaired) electrons. The van der Waals surface area contributed by atoms with Crippen LogP contribution in [0, 0.1) is 5.92 Å². The molecular weight excluding hydrogens is 234 g/mol. The van der Waals surface area contributed by atoms with E-state index >= 15 is 0 Å². The molecule has 0 aliphatic rings. The maximum atomic E-state index is 9.45. The van der Waals surface area contributed by atoms with Crippen LogP contribution in [-0.2, 0) is 13.0 Å². The van der Waals surface area contributed by atoms with Crippen molar-refractivity contribution < 1.29 is 5.11 Å². The van der Waals surface area contributed by atoms with Gasteiger partial charge in [-0.15, -0.1) is 0 Å². The van der Waals surface area contributed by atoms with Gasteiger partial charge in [-0.05, 0) is 11.8 Å². The third-order valence-electron chi connectivity index (χ3n) is 2.65. The first-order chi connectivity index (χ1) is 8.02. The normalized spacial score (nSPS) is 12.2. The molecule has 2 rings (SSSR count). The molecule has 0 atom stereocenters. The van der Waals surface area contributed by atoms with E-state index < -0.39 is 0 Å². The number of hydrogen-bond acceptors (Lipinski definition) is 4. The predicted molar refractivity (Wildman–Crippen MR) is 69.4 cm³/mol. The molecule has 0 spiro atoms. The van der Waals surface area contributed by atoms with Crippen molar-refractivity contribution in [3.05, 3.63) is 16.4 Å². The molecule has 0 aliphatic heterocycles. The van der Waals surface area contributed by atoms with E-state index in [1.165, 1.54) is 0 Å². The van der Waals surface area contributed by atoms with E-state index in [0.717, 1.165) is 27.8 Å². The smallest absolute Gasteiger partial charge is 0.212 e. The first-order valence-electron chi connectivity index (χ1n) is 6.01. The molecule has 0 amide bonds. The highest BCUT2D eigenvalue weighted by molar-refractivity contribution is 7.16. The summed E-state index contributed by atoms with van der Waals surface area (Å²) in [5.41, 5.74) is 1.80. The fourth-order valence-electron chi connectivity index (χ4n) is 1.89. The first kappa shape index (κ1) is 12.5. The van der Waals surface area contributed by atoms with Crippen LogP contribution in [0.25, 0.3) is 4.96 Å². The van der Waals surface area contributed by atoms with Crippen LogP contribution in [0.5, 0.6) is 0 Å². The topological polar surface area (TPSA) is 50.4 Å². The molecule has 1 N–H and O–H groups in total. The largest absolute Gasteiger partial charge is 0.390 e. The zero-order valence-electron chi connectivity index (χ0n) is 10.8. The summed E-state index contributed by atoms with van der Waals surface area (Å²) in [5.74, 6) is 0.910. The Hall–Kier alpha value is -0.940. The number of rotatable bonds is 4. The lowest BCUT2D eigenvalue weighted by molar-refractivity contribution is 0.272. The van der Waals surface area contributed by atoms with Crippen LogP contribution in [0.4, 0.5) is 0 Å². The van der Waals surface area contributed by atoms with E-state index in [0.29, 0.717) is 11.8 Å². The molecule has 0 fully saturated rings. The Kier molecular flexibility index (Phi) is 3.49. The third-order valence-corrected chi connectivity index (χ3v) is 3.58. The fraction of sp³-hybridized carbons (Fsp3) is 0.667. The van der Waals surface area contributed by atoms with Gasteiger partial charge in [0, 0.05) is 6.42 Å². The quantitative estimate of drug-likeness (QED) is 0.911. The minimum Gasteiger partial charge on any atom is -0.390 e. The molecule has 2 aromatic rings. The minimum atomic E-state index is -0.000464. The molecule has 17 heavy (non-hydrogen) atoms. The van der Waals surface area contributed by atoms with E-state index in [1.54, 1.807) is 15.9 Å². The van der Waals surface area contributed by atoms with Crippen molar-refractivity contribution in [2.24, 2.45) is 5.92 Å². The van der Waals surface area contributed by atoms with Crippen molar-refractivity contribution in [1.29, 1.82) is 0 Å². The molecule has 0 aromatic carbocycles. The lowest BCUT2D eigenvalue weighted by atomic mass is 10.1. The standard InChI is InChI=1S/C12H19N3OS/c1-7(2)5-10-14-15-9(6-16)11(8(3)4)13-12(15)17-10/h7-8,16H,5-6H2,1-4H3. The zero-order chi connectivity index (χ0) is 12.6. The zero-order valence-corrected chi connectivity index (χ0v) is 11.6. The molecule has 4 nitrogen and oxygen atoms in total. The molecule has 0 aliphatic carbocycles. The summed E-state index contributed by atoms with van der Waals surface area (Å²) >= 11 is 1.62. The van der Waals surface area contributed by atoms with Crippen LogP contribution in [0.2, 0.25) is 0 Å². The van der Waals surface area contributed by atoms with Gasteiger partial charge in [0.2, 0.25) is 4.96 Å². The monoisotopic (exact) mass is 253 g/mol. The van der Waals surface area contributed by atoms with Gasteiger partial charge in [-0.2, -0.15) is 5.10 Å². The van der Waals surface area contributed by atoms with Crippen molar-refractivity contribution in [2.75, 3.05) is 0 Å². The number of aliphatic hydroxyl groups is 1. The molecule has 0 bridgehead atoms. The van der Waals surface area contributed by atoms with Gasteiger partial charge in [0.1, 0.15) is 5.01 Å². The van der Waals surface area contributed by atoms with Gasteiger partial charge in [-0.25, -0.2) is 9.50 Å². The van der Waals surface area contributed by atoms with Gasteiger partial charge >= 0.3 is 0 Å². The van der Waals surface area contributed by atoms with Gasteiger partial charge in [-0.3, -0.25) is 0 Å². The van der Waals surface area contributed by atoms with Gasteiger partial charge in [-0.1, -0.05) is 39.0 Å². The molecule has 0 saturated carbocycles. The summed E-state index contributed by atoms with van der Waals surface area (Å²) in [6, 6.07) is 0. The summed E-state index contributed by atoms with van der Waals surface area (Å²) in [7, 11) is 0. The Morgan fingerprint density at radius 1 is 1.29 bits per heavy atom. The van der Waals surface area contributed by atoms with Crippen LogP contribution in [0.1, 0.15) is 50.0 Å². The van der Waals surface area contributed by atoms with Gasteiger partial charge in [0.15, 0.2) is 0 Å². The summed E-state index contributed by atoms with van der Waals surface area (Å²) in [6.07, 6.45) is 0.968. The Bertz CT molecular complexity index is 513. The average molecular weight is 253 g/mol. The van der Waals surface area contributed by atoms with Crippen molar-refractivity contribution >= 4 is 16.3 Å². The van der Waals surface area contributed by atoms with E-state index in [4.69, 9.17) is 0 Å². The van der Waals surface area contributed by atoms with Gasteiger partial charge in [0.25, 0.3) is 0 Å². The second-order valence-electron chi connectivity index (χ2n) is 5.04. The summed E-state index contributed by atoms with van der Waals surface area (Å²) in [4.78, 5) is 5.47. The maximum Gasteiger partial charge on any atom is 0.212 e. The third kappa shape index (κ3) is 2.35. The number of hydrogen-bond donors (Lipinski definition) is 1. The summed E-state index contributed by atoms with van der Waals surface area (Å²) in [5, 5.41) is 15.1. The molecule has 0 saturated heterocycles. The number of fused-ring (bicyclic) bond motifs is 1. The minimum absolute atomic E-state index is 0.000464. The maximum absolute atomic E-state index is 9.45. The Morgan fingerprint density at radius 3 is 2.53 bits per heavy atom. The average Bonchev–Trinajstić information content (AvgIpc) is 2.72. The van der Waals surface area contributed by atoms with Crippen LogP contribution in [0.15, 0.2) is 0 Å². The Labute approximate surface area is 105 Å². The highest BCUT2D eigenvalue weighted by Gasteiger charge is 2.18. The second kappa shape index (κ2) is 4.74. The highest BCUT2D eigenvalue weighted by atomic mass is 32.1. The van der Waals surface area contributed by atoms with E-state index in [2.05, 4.69) is 37.8 Å². The van der Waals surface area contributed by atoms with Crippen LogP contribution in [-0.4, -0.2) is 19.7 Å². The SMILES string of the molecule is CC(C)Cc1nn2c(CO)c(C(C)C)nc2s1. The van der Waals surface area contributed by atoms with Crippen LogP contribution in [0.3, 0.4) is 0 Å². The lowest BCUT2D eigenvalue weighted by Gasteiger charge is -2.03. The summed E-state index contributed by atoms with van der Waals surface area (Å²) in [6.45, 7) is 8.52. The fourth-order valence-corrected chi connectivity index (χ4v) is 3.02. The predicted octanol–water partition coefficient (Wildman–Crippen LogP) is 2.61. The molecule has 2 aromatic heterocycles. The van der Waals surface area contributed by atoms with Crippen molar-refractivity contribution in [1.82, 2.24) is 14.6 Å². The lowest BCUT2D eigenvalue weighted by Crippen LogP contribution is -2.01. The van der Waals surface area contributed by atoms with Crippen molar-refractivity contribution in [3.63, 3.8) is 0 Å². The number of imidazole rings is 1. The highest BCUT2D eigenvalue weighted by Crippen LogP contribution is 2.25. The van der Waals surface area contributed by atoms with E-state index in [-0.39, 0.29) is 6.61 Å². The molecule has 94 valence electrons. The van der Waals surface area contributed by atoms with Crippen molar-refractivity contribution in [2.45, 2.75) is 46.6 Å². The molecular formula is C12H19N3OS. The number of nitrogens with zero attached hydrogens (tertiary/aromatic N) is 3. The van der Waals surface area contributed by atoms with Crippen molar-refractivity contribution in [3.8, 4) is 0 Å². The van der Waals surface area contributed by atoms with Crippen LogP contribution < -0.4 is 0 Å². The Morgan fingerprint density at radius 2 is 2.00 bits per heavy atom. The molecule has 0 unspecified atom stereocenters. The first-order valence-corrected chi connectivity index (χ1v) is 6.82. The van der Waals surface area contributed by atoms with Crippen LogP contribution >= 0.6 is 11.3 Å². The second-order valence-corrected chi connectivity index (χ2v) is 6.09. The van der Waals surface area contributed by atoms with Gasteiger partial charge < -0.3 is 5.11 Å². The summed E-state index contributed by atoms with van der Waals surface area (Å²) < 4.78 is 1.80. The van der Waals surface area contributed by atoms with E-state index in [1.807, 2.05) is 0 Å². The van der Waals surface area contributed by atoms with Gasteiger partial charge in [0.05, 0.1) is 18.0 Å².